The number of carbonyl (C=O) groups is 2. The van der Waals surface area contributed by atoms with Crippen molar-refractivity contribution in [3.63, 3.8) is 0 Å². The summed E-state index contributed by atoms with van der Waals surface area (Å²) in [5, 5.41) is 5.51. The fraction of sp³-hybridized carbons (Fsp3) is 0.286. The maximum absolute atomic E-state index is 12.3. The molecule has 0 unspecified atom stereocenters. The smallest absolute Gasteiger partial charge is 0.251 e. The highest BCUT2D eigenvalue weighted by Gasteiger charge is 2.14. The molecule has 3 aromatic rings. The maximum atomic E-state index is 12.3. The second kappa shape index (κ2) is 11.4. The van der Waals surface area contributed by atoms with Gasteiger partial charge in [-0.25, -0.2) is 0 Å². The van der Waals surface area contributed by atoms with Crippen molar-refractivity contribution < 1.29 is 14.3 Å². The van der Waals surface area contributed by atoms with E-state index in [1.54, 1.807) is 12.1 Å². The first-order valence-corrected chi connectivity index (χ1v) is 11.2. The van der Waals surface area contributed by atoms with Crippen molar-refractivity contribution in [3.05, 3.63) is 107 Å². The molecule has 0 radical (unpaired) electrons. The third-order valence-electron chi connectivity index (χ3n) is 5.32. The predicted octanol–water partition coefficient (Wildman–Crippen LogP) is 4.75. The molecule has 2 amide bonds. The zero-order valence-corrected chi connectivity index (χ0v) is 19.6. The molecule has 0 aromatic heterocycles. The number of carbonyl (C=O) groups excluding carboxylic acids is 2. The Bertz CT molecular complexity index is 1040. The minimum Gasteiger partial charge on any atom is -0.372 e. The van der Waals surface area contributed by atoms with E-state index in [0.29, 0.717) is 25.3 Å². The Labute approximate surface area is 196 Å². The van der Waals surface area contributed by atoms with Gasteiger partial charge in [-0.3, -0.25) is 9.59 Å². The third-order valence-corrected chi connectivity index (χ3v) is 5.32. The van der Waals surface area contributed by atoms with Crippen LogP contribution in [0.25, 0.3) is 0 Å². The predicted molar refractivity (Wildman–Crippen MR) is 131 cm³/mol. The topological polar surface area (TPSA) is 67.4 Å². The zero-order valence-electron chi connectivity index (χ0n) is 19.6. The van der Waals surface area contributed by atoms with Crippen molar-refractivity contribution >= 4 is 11.8 Å². The van der Waals surface area contributed by atoms with Crippen LogP contribution in [0, 0.1) is 0 Å². The monoisotopic (exact) mass is 444 g/mol. The highest BCUT2D eigenvalue weighted by atomic mass is 16.5. The quantitative estimate of drug-likeness (QED) is 0.501. The Balaban J connectivity index is 1.37. The molecule has 172 valence electrons. The normalized spacial score (nSPS) is 11.1. The Kier molecular flexibility index (Phi) is 8.39. The van der Waals surface area contributed by atoms with Crippen LogP contribution in [0.4, 0.5) is 0 Å². The maximum Gasteiger partial charge on any atom is 0.251 e. The van der Waals surface area contributed by atoms with Gasteiger partial charge in [0.15, 0.2) is 0 Å². The average molecular weight is 445 g/mol. The first kappa shape index (κ1) is 24.2. The molecule has 3 rings (SSSR count). The molecule has 0 aliphatic rings. The largest absolute Gasteiger partial charge is 0.372 e. The van der Waals surface area contributed by atoms with Crippen molar-refractivity contribution in [2.75, 3.05) is 6.54 Å². The molecular formula is C28H32N2O3. The summed E-state index contributed by atoms with van der Waals surface area (Å²) in [6.07, 6.45) is 0. The molecule has 0 heterocycles. The summed E-state index contributed by atoms with van der Waals surface area (Å²) in [7, 11) is 0. The summed E-state index contributed by atoms with van der Waals surface area (Å²) in [4.78, 5) is 24.4. The van der Waals surface area contributed by atoms with E-state index in [4.69, 9.17) is 4.74 Å². The van der Waals surface area contributed by atoms with E-state index in [9.17, 15) is 9.59 Å². The lowest BCUT2D eigenvalue weighted by Crippen LogP contribution is -2.36. The fourth-order valence-corrected chi connectivity index (χ4v) is 3.26. The lowest BCUT2D eigenvalue weighted by atomic mass is 9.87. The molecule has 0 bridgehead atoms. The summed E-state index contributed by atoms with van der Waals surface area (Å²) in [5.74, 6) is -0.490. The van der Waals surface area contributed by atoms with Gasteiger partial charge in [-0.05, 0) is 39.8 Å². The number of amides is 2. The second-order valence-corrected chi connectivity index (χ2v) is 9.08. The van der Waals surface area contributed by atoms with Gasteiger partial charge in [0.2, 0.25) is 5.91 Å². The first-order valence-electron chi connectivity index (χ1n) is 11.2. The van der Waals surface area contributed by atoms with Gasteiger partial charge < -0.3 is 15.4 Å². The SMILES string of the molecule is CC(C)(C)c1ccc(C(=O)NCC(=O)NCc2ccc(COCc3ccccc3)cc2)cc1. The van der Waals surface area contributed by atoms with E-state index in [1.807, 2.05) is 66.7 Å². The van der Waals surface area contributed by atoms with E-state index >= 15 is 0 Å². The molecule has 0 fully saturated rings. The third kappa shape index (κ3) is 7.88. The molecule has 3 aromatic carbocycles. The van der Waals surface area contributed by atoms with Crippen LogP contribution in [0.1, 0.15) is 53.4 Å². The van der Waals surface area contributed by atoms with Gasteiger partial charge in [-0.2, -0.15) is 0 Å². The molecule has 0 saturated heterocycles. The Hall–Kier alpha value is -3.44. The summed E-state index contributed by atoms with van der Waals surface area (Å²) >= 11 is 0. The van der Waals surface area contributed by atoms with Gasteiger partial charge in [0.1, 0.15) is 0 Å². The average Bonchev–Trinajstić information content (AvgIpc) is 2.82. The molecule has 0 aliphatic carbocycles. The highest BCUT2D eigenvalue weighted by molar-refractivity contribution is 5.96. The molecule has 0 saturated carbocycles. The first-order chi connectivity index (χ1) is 15.8. The van der Waals surface area contributed by atoms with Gasteiger partial charge in [0.05, 0.1) is 19.8 Å². The summed E-state index contributed by atoms with van der Waals surface area (Å²) in [6.45, 7) is 7.82. The van der Waals surface area contributed by atoms with Crippen LogP contribution in [0.2, 0.25) is 0 Å². The number of benzene rings is 3. The van der Waals surface area contributed by atoms with E-state index in [-0.39, 0.29) is 23.8 Å². The number of rotatable bonds is 9. The van der Waals surface area contributed by atoms with E-state index in [0.717, 1.165) is 22.3 Å². The minimum absolute atomic E-state index is 0.0300. The molecule has 5 nitrogen and oxygen atoms in total. The fourth-order valence-electron chi connectivity index (χ4n) is 3.26. The number of hydrogen-bond acceptors (Lipinski definition) is 3. The van der Waals surface area contributed by atoms with Crippen LogP contribution in [0.15, 0.2) is 78.9 Å². The van der Waals surface area contributed by atoms with Gasteiger partial charge in [-0.1, -0.05) is 87.5 Å². The number of nitrogens with one attached hydrogen (secondary N) is 2. The molecule has 5 heteroatoms. The van der Waals surface area contributed by atoms with E-state index in [2.05, 4.69) is 31.4 Å². The Morgan fingerprint density at radius 2 is 1.30 bits per heavy atom. The molecular weight excluding hydrogens is 412 g/mol. The van der Waals surface area contributed by atoms with Crippen molar-refractivity contribution in [1.29, 1.82) is 0 Å². The summed E-state index contributed by atoms with van der Waals surface area (Å²) in [5.41, 5.74) is 4.93. The van der Waals surface area contributed by atoms with E-state index in [1.165, 1.54) is 0 Å². The van der Waals surface area contributed by atoms with Crippen LogP contribution < -0.4 is 10.6 Å². The van der Waals surface area contributed by atoms with Gasteiger partial charge in [0, 0.05) is 12.1 Å². The molecule has 0 aliphatic heterocycles. The van der Waals surface area contributed by atoms with Gasteiger partial charge >= 0.3 is 0 Å². The van der Waals surface area contributed by atoms with Gasteiger partial charge in [0.25, 0.3) is 5.91 Å². The Morgan fingerprint density at radius 1 is 0.727 bits per heavy atom. The van der Waals surface area contributed by atoms with Crippen LogP contribution in [-0.2, 0) is 34.7 Å². The molecule has 33 heavy (non-hydrogen) atoms. The molecule has 0 atom stereocenters. The molecule has 0 spiro atoms. The van der Waals surface area contributed by atoms with Crippen LogP contribution >= 0.6 is 0 Å². The van der Waals surface area contributed by atoms with Crippen molar-refractivity contribution in [2.24, 2.45) is 0 Å². The summed E-state index contributed by atoms with van der Waals surface area (Å²) in [6, 6.07) is 25.5. The summed E-state index contributed by atoms with van der Waals surface area (Å²) < 4.78 is 5.75. The van der Waals surface area contributed by atoms with Crippen LogP contribution in [-0.4, -0.2) is 18.4 Å². The highest BCUT2D eigenvalue weighted by Crippen LogP contribution is 2.22. The Morgan fingerprint density at radius 3 is 1.91 bits per heavy atom. The van der Waals surface area contributed by atoms with Crippen LogP contribution in [0.5, 0.6) is 0 Å². The zero-order chi connectivity index (χ0) is 23.7. The van der Waals surface area contributed by atoms with Crippen molar-refractivity contribution in [3.8, 4) is 0 Å². The number of ether oxygens (including phenoxy) is 1. The van der Waals surface area contributed by atoms with Gasteiger partial charge in [-0.15, -0.1) is 0 Å². The lowest BCUT2D eigenvalue weighted by Gasteiger charge is -2.19. The van der Waals surface area contributed by atoms with Crippen molar-refractivity contribution in [2.45, 2.75) is 45.9 Å². The number of hydrogen-bond donors (Lipinski definition) is 2. The standard InChI is InChI=1S/C28H32N2O3/c1-28(2,3)25-15-13-24(14-16-25)27(32)30-18-26(31)29-17-21-9-11-23(12-10-21)20-33-19-22-7-5-4-6-8-22/h4-16H,17-20H2,1-3H3,(H,29,31)(H,30,32). The van der Waals surface area contributed by atoms with Crippen LogP contribution in [0.3, 0.4) is 0 Å². The lowest BCUT2D eigenvalue weighted by molar-refractivity contribution is -0.120. The second-order valence-electron chi connectivity index (χ2n) is 9.08. The molecule has 2 N–H and O–H groups in total. The van der Waals surface area contributed by atoms with E-state index < -0.39 is 0 Å². The van der Waals surface area contributed by atoms with Crippen molar-refractivity contribution in [1.82, 2.24) is 10.6 Å². The minimum atomic E-state index is -0.259.